The summed E-state index contributed by atoms with van der Waals surface area (Å²) in [5.74, 6) is -1.35. The van der Waals surface area contributed by atoms with E-state index < -0.39 is 11.6 Å². The Labute approximate surface area is 86.3 Å². The Morgan fingerprint density at radius 1 is 1.21 bits per heavy atom. The Morgan fingerprint density at radius 3 is 2.29 bits per heavy atom. The lowest BCUT2D eigenvalue weighted by molar-refractivity contribution is 0.587. The Morgan fingerprint density at radius 2 is 1.79 bits per heavy atom. The molecule has 5 heteroatoms. The Hall–Kier alpha value is -0.870. The van der Waals surface area contributed by atoms with Gasteiger partial charge in [0.05, 0.1) is 0 Å². The molecule has 1 aromatic carbocycles. The molecule has 0 radical (unpaired) electrons. The van der Waals surface area contributed by atoms with E-state index in [0.29, 0.717) is 13.1 Å². The van der Waals surface area contributed by atoms with Gasteiger partial charge >= 0.3 is 0 Å². The third-order valence-electron chi connectivity index (χ3n) is 1.68. The van der Waals surface area contributed by atoms with Crippen molar-refractivity contribution in [2.75, 3.05) is 25.5 Å². The Balaban J connectivity index is 2.75. The van der Waals surface area contributed by atoms with Crippen LogP contribution in [0.4, 0.5) is 14.5 Å². The molecule has 14 heavy (non-hydrogen) atoms. The van der Waals surface area contributed by atoms with Crippen molar-refractivity contribution in [3.05, 3.63) is 28.8 Å². The van der Waals surface area contributed by atoms with E-state index in [1.165, 1.54) is 0 Å². The maximum atomic E-state index is 13.1. The lowest BCUT2D eigenvalue weighted by Gasteiger charge is -2.08. The van der Waals surface area contributed by atoms with Crippen molar-refractivity contribution in [1.29, 1.82) is 0 Å². The summed E-state index contributed by atoms with van der Waals surface area (Å²) in [6.07, 6.45) is 0. The molecule has 0 aliphatic rings. The van der Waals surface area contributed by atoms with Crippen molar-refractivity contribution in [2.24, 2.45) is 0 Å². The zero-order valence-corrected chi connectivity index (χ0v) is 8.46. The fourth-order valence-corrected chi connectivity index (χ4v) is 1.22. The topological polar surface area (TPSA) is 24.1 Å². The average molecular weight is 221 g/mol. The molecule has 0 amide bonds. The molecule has 0 aliphatic heterocycles. The molecule has 0 atom stereocenters. The molecule has 0 bridgehead atoms. The van der Waals surface area contributed by atoms with Crippen molar-refractivity contribution in [3.63, 3.8) is 0 Å². The van der Waals surface area contributed by atoms with Gasteiger partial charge in [0.1, 0.15) is 5.69 Å². The van der Waals surface area contributed by atoms with E-state index in [4.69, 9.17) is 11.6 Å². The van der Waals surface area contributed by atoms with Crippen LogP contribution in [0.25, 0.3) is 0 Å². The van der Waals surface area contributed by atoms with Crippen LogP contribution in [0.2, 0.25) is 5.02 Å². The van der Waals surface area contributed by atoms with Gasteiger partial charge in [0.2, 0.25) is 0 Å². The minimum atomic E-state index is -0.675. The number of rotatable bonds is 4. The van der Waals surface area contributed by atoms with E-state index in [1.54, 1.807) is 7.05 Å². The summed E-state index contributed by atoms with van der Waals surface area (Å²) in [4.78, 5) is 0. The average Bonchev–Trinajstić information content (AvgIpc) is 2.09. The van der Waals surface area contributed by atoms with E-state index in [0.717, 1.165) is 12.1 Å². The summed E-state index contributed by atoms with van der Waals surface area (Å²) >= 11 is 5.46. The zero-order valence-electron chi connectivity index (χ0n) is 7.70. The quantitative estimate of drug-likeness (QED) is 0.761. The molecule has 0 aliphatic carbocycles. The van der Waals surface area contributed by atoms with E-state index >= 15 is 0 Å². The van der Waals surface area contributed by atoms with Crippen molar-refractivity contribution >= 4 is 17.3 Å². The summed E-state index contributed by atoms with van der Waals surface area (Å²) in [5.41, 5.74) is -0.135. The first-order chi connectivity index (χ1) is 6.65. The van der Waals surface area contributed by atoms with Crippen LogP contribution >= 0.6 is 11.6 Å². The molecule has 0 saturated heterocycles. The molecule has 2 N–H and O–H groups in total. The smallest absolute Gasteiger partial charge is 0.150 e. The zero-order chi connectivity index (χ0) is 10.6. The lowest BCUT2D eigenvalue weighted by atomic mass is 10.3. The summed E-state index contributed by atoms with van der Waals surface area (Å²) in [5, 5.41) is 5.55. The minimum Gasteiger partial charge on any atom is -0.379 e. The molecule has 1 rings (SSSR count). The van der Waals surface area contributed by atoms with Crippen LogP contribution in [0.5, 0.6) is 0 Å². The third-order valence-corrected chi connectivity index (χ3v) is 1.90. The molecule has 0 spiro atoms. The predicted octanol–water partition coefficient (Wildman–Crippen LogP) is 2.25. The molecule has 2 nitrogen and oxygen atoms in total. The maximum Gasteiger partial charge on any atom is 0.150 e. The maximum absolute atomic E-state index is 13.1. The Bertz CT molecular complexity index is 295. The monoisotopic (exact) mass is 220 g/mol. The van der Waals surface area contributed by atoms with E-state index in [-0.39, 0.29) is 10.7 Å². The van der Waals surface area contributed by atoms with Gasteiger partial charge in [0, 0.05) is 18.1 Å². The van der Waals surface area contributed by atoms with Gasteiger partial charge in [0.15, 0.2) is 11.6 Å². The van der Waals surface area contributed by atoms with Crippen molar-refractivity contribution < 1.29 is 8.78 Å². The van der Waals surface area contributed by atoms with Gasteiger partial charge in [-0.25, -0.2) is 8.78 Å². The highest BCUT2D eigenvalue weighted by Gasteiger charge is 2.09. The molecule has 0 heterocycles. The van der Waals surface area contributed by atoms with E-state index in [2.05, 4.69) is 10.6 Å². The highest BCUT2D eigenvalue weighted by atomic mass is 35.5. The number of anilines is 1. The molecular weight excluding hydrogens is 210 g/mol. The van der Waals surface area contributed by atoms with Gasteiger partial charge in [-0.3, -0.25) is 0 Å². The molecular formula is C9H11ClF2N2. The van der Waals surface area contributed by atoms with Gasteiger partial charge in [-0.05, 0) is 19.2 Å². The van der Waals surface area contributed by atoms with Crippen LogP contribution in [0.1, 0.15) is 0 Å². The van der Waals surface area contributed by atoms with E-state index in [1.807, 2.05) is 0 Å². The molecule has 0 saturated carbocycles. The summed E-state index contributed by atoms with van der Waals surface area (Å²) in [7, 11) is 1.76. The number of hydrogen-bond acceptors (Lipinski definition) is 2. The molecule has 0 unspecified atom stereocenters. The normalized spacial score (nSPS) is 10.3. The van der Waals surface area contributed by atoms with E-state index in [9.17, 15) is 8.78 Å². The standard InChI is InChI=1S/C9H11ClF2N2/c1-13-2-3-14-9-7(11)4-6(10)5-8(9)12/h4-5,13-14H,2-3H2,1H3. The second-order valence-electron chi connectivity index (χ2n) is 2.77. The van der Waals surface area contributed by atoms with Crippen molar-refractivity contribution in [2.45, 2.75) is 0 Å². The first kappa shape index (κ1) is 11.2. The predicted molar refractivity (Wildman–Crippen MR) is 53.8 cm³/mol. The minimum absolute atomic E-state index is 0.0548. The van der Waals surface area contributed by atoms with Crippen LogP contribution in [-0.4, -0.2) is 20.1 Å². The van der Waals surface area contributed by atoms with Crippen molar-refractivity contribution in [1.82, 2.24) is 5.32 Å². The van der Waals surface area contributed by atoms with Crippen LogP contribution < -0.4 is 10.6 Å². The first-order valence-electron chi connectivity index (χ1n) is 4.18. The second kappa shape index (κ2) is 5.12. The summed E-state index contributed by atoms with van der Waals surface area (Å²) in [6.45, 7) is 1.08. The number of nitrogens with one attached hydrogen (secondary N) is 2. The second-order valence-corrected chi connectivity index (χ2v) is 3.21. The Kier molecular flexibility index (Phi) is 4.10. The largest absolute Gasteiger partial charge is 0.379 e. The number of halogens is 3. The van der Waals surface area contributed by atoms with Gasteiger partial charge in [-0.15, -0.1) is 0 Å². The molecule has 0 fully saturated rings. The molecule has 1 aromatic rings. The van der Waals surface area contributed by atoms with Gasteiger partial charge in [0.25, 0.3) is 0 Å². The summed E-state index contributed by atoms with van der Waals surface area (Å²) < 4.78 is 26.3. The van der Waals surface area contributed by atoms with Crippen molar-refractivity contribution in [3.8, 4) is 0 Å². The number of hydrogen-bond donors (Lipinski definition) is 2. The highest BCUT2D eigenvalue weighted by molar-refractivity contribution is 6.30. The van der Waals surface area contributed by atoms with Gasteiger partial charge in [-0.2, -0.15) is 0 Å². The van der Waals surface area contributed by atoms with Gasteiger partial charge in [-0.1, -0.05) is 11.6 Å². The van der Waals surface area contributed by atoms with Crippen LogP contribution in [0.3, 0.4) is 0 Å². The van der Waals surface area contributed by atoms with Gasteiger partial charge < -0.3 is 10.6 Å². The molecule has 78 valence electrons. The first-order valence-corrected chi connectivity index (χ1v) is 4.56. The van der Waals surface area contributed by atoms with Crippen LogP contribution in [-0.2, 0) is 0 Å². The highest BCUT2D eigenvalue weighted by Crippen LogP contribution is 2.22. The number of likely N-dealkylation sites (N-methyl/N-ethyl adjacent to an activating group) is 1. The van der Waals surface area contributed by atoms with Crippen LogP contribution in [0.15, 0.2) is 12.1 Å². The SMILES string of the molecule is CNCCNc1c(F)cc(Cl)cc1F. The molecule has 0 aromatic heterocycles. The third kappa shape index (κ3) is 2.82. The fourth-order valence-electron chi connectivity index (χ4n) is 1.02. The fraction of sp³-hybridized carbons (Fsp3) is 0.333. The lowest BCUT2D eigenvalue weighted by Crippen LogP contribution is -2.18. The van der Waals surface area contributed by atoms with Crippen LogP contribution in [0, 0.1) is 11.6 Å². The summed E-state index contributed by atoms with van der Waals surface area (Å²) in [6, 6.07) is 2.15. The number of benzene rings is 1.